The van der Waals surface area contributed by atoms with Crippen LogP contribution in [0, 0.1) is 0 Å². The van der Waals surface area contributed by atoms with Gasteiger partial charge in [0.2, 0.25) is 12.7 Å². The van der Waals surface area contributed by atoms with E-state index in [1.165, 1.54) is 4.90 Å². The Kier molecular flexibility index (Phi) is 2.77. The Bertz CT molecular complexity index is 543. The molecule has 1 unspecified atom stereocenters. The molecule has 1 aromatic carbocycles. The van der Waals surface area contributed by atoms with Gasteiger partial charge >= 0.3 is 0 Å². The number of primary amides is 1. The summed E-state index contributed by atoms with van der Waals surface area (Å²) < 4.78 is 10.6. The molecule has 6 nitrogen and oxygen atoms in total. The van der Waals surface area contributed by atoms with Gasteiger partial charge in [-0.25, -0.2) is 0 Å². The molecule has 6 heteroatoms. The fraction of sp³-hybridized carbons (Fsp3) is 0.385. The van der Waals surface area contributed by atoms with E-state index in [1.54, 1.807) is 18.2 Å². The Morgan fingerprint density at radius 1 is 1.32 bits per heavy atom. The minimum absolute atomic E-state index is 0.110. The number of benzene rings is 1. The molecule has 3 rings (SSSR count). The largest absolute Gasteiger partial charge is 0.454 e. The Balaban J connectivity index is 1.92. The maximum atomic E-state index is 12.5. The van der Waals surface area contributed by atoms with E-state index in [9.17, 15) is 9.59 Å². The molecule has 1 aromatic rings. The van der Waals surface area contributed by atoms with Crippen LogP contribution < -0.4 is 15.2 Å². The van der Waals surface area contributed by atoms with Crippen LogP contribution in [0.5, 0.6) is 11.5 Å². The van der Waals surface area contributed by atoms with Crippen molar-refractivity contribution in [3.05, 3.63) is 23.8 Å². The standard InChI is InChI=1S/C13H14N2O4/c14-12(16)9-4-2-6-15(9)13(17)8-3-1-5-10-11(8)19-7-18-10/h1,3,5,9H,2,4,6-7H2,(H2,14,16). The molecule has 2 aliphatic heterocycles. The van der Waals surface area contributed by atoms with Gasteiger partial charge in [-0.2, -0.15) is 0 Å². The second-order valence-electron chi connectivity index (χ2n) is 4.60. The van der Waals surface area contributed by atoms with E-state index < -0.39 is 11.9 Å². The second-order valence-corrected chi connectivity index (χ2v) is 4.60. The molecule has 1 saturated heterocycles. The van der Waals surface area contributed by atoms with Gasteiger partial charge in [-0.3, -0.25) is 9.59 Å². The molecule has 0 aliphatic carbocycles. The van der Waals surface area contributed by atoms with Crippen LogP contribution in [0.4, 0.5) is 0 Å². The third kappa shape index (κ3) is 1.89. The van der Waals surface area contributed by atoms with Gasteiger partial charge in [-0.15, -0.1) is 0 Å². The molecule has 0 bridgehead atoms. The van der Waals surface area contributed by atoms with Crippen molar-refractivity contribution < 1.29 is 19.1 Å². The normalized spacial score (nSPS) is 20.6. The van der Waals surface area contributed by atoms with Crippen LogP contribution in [0.15, 0.2) is 18.2 Å². The van der Waals surface area contributed by atoms with Crippen molar-refractivity contribution in [1.29, 1.82) is 0 Å². The molecule has 2 amide bonds. The van der Waals surface area contributed by atoms with E-state index in [0.717, 1.165) is 6.42 Å². The first-order valence-electron chi connectivity index (χ1n) is 6.17. The highest BCUT2D eigenvalue weighted by atomic mass is 16.7. The molecule has 1 atom stereocenters. The summed E-state index contributed by atoms with van der Waals surface area (Å²) in [6.07, 6.45) is 1.40. The lowest BCUT2D eigenvalue weighted by Gasteiger charge is -2.22. The van der Waals surface area contributed by atoms with Crippen LogP contribution in [-0.4, -0.2) is 36.1 Å². The molecule has 2 aliphatic rings. The number of amides is 2. The van der Waals surface area contributed by atoms with Gasteiger partial charge in [0.1, 0.15) is 6.04 Å². The van der Waals surface area contributed by atoms with E-state index in [4.69, 9.17) is 15.2 Å². The van der Waals surface area contributed by atoms with Crippen LogP contribution in [0.2, 0.25) is 0 Å². The summed E-state index contributed by atoms with van der Waals surface area (Å²) in [5, 5.41) is 0. The zero-order valence-corrected chi connectivity index (χ0v) is 10.3. The molecule has 2 N–H and O–H groups in total. The van der Waals surface area contributed by atoms with E-state index in [-0.39, 0.29) is 12.7 Å². The number of fused-ring (bicyclic) bond motifs is 1. The van der Waals surface area contributed by atoms with E-state index in [0.29, 0.717) is 30.0 Å². The number of likely N-dealkylation sites (tertiary alicyclic amines) is 1. The third-order valence-corrected chi connectivity index (χ3v) is 3.47. The molecule has 0 aromatic heterocycles. The Hall–Kier alpha value is -2.24. The van der Waals surface area contributed by atoms with E-state index in [2.05, 4.69) is 0 Å². The molecule has 0 spiro atoms. The first-order valence-corrected chi connectivity index (χ1v) is 6.17. The number of ether oxygens (including phenoxy) is 2. The maximum Gasteiger partial charge on any atom is 0.258 e. The van der Waals surface area contributed by atoms with Crippen LogP contribution >= 0.6 is 0 Å². The van der Waals surface area contributed by atoms with E-state index in [1.807, 2.05) is 0 Å². The fourth-order valence-corrected chi connectivity index (χ4v) is 2.56. The summed E-state index contributed by atoms with van der Waals surface area (Å²) in [7, 11) is 0. The van der Waals surface area contributed by atoms with Gasteiger partial charge in [0.25, 0.3) is 5.91 Å². The second kappa shape index (κ2) is 4.46. The van der Waals surface area contributed by atoms with Crippen LogP contribution in [0.25, 0.3) is 0 Å². The number of carbonyl (C=O) groups excluding carboxylic acids is 2. The van der Waals surface area contributed by atoms with Crippen molar-refractivity contribution in [1.82, 2.24) is 4.90 Å². The van der Waals surface area contributed by atoms with Gasteiger partial charge in [0.05, 0.1) is 5.56 Å². The van der Waals surface area contributed by atoms with Crippen molar-refractivity contribution in [3.8, 4) is 11.5 Å². The molecular formula is C13H14N2O4. The summed E-state index contributed by atoms with van der Waals surface area (Å²) in [4.78, 5) is 25.4. The zero-order chi connectivity index (χ0) is 13.4. The number of nitrogens with two attached hydrogens (primary N) is 1. The van der Waals surface area contributed by atoms with E-state index >= 15 is 0 Å². The number of hydrogen-bond donors (Lipinski definition) is 1. The molecule has 0 saturated carbocycles. The summed E-state index contributed by atoms with van der Waals surface area (Å²) in [6.45, 7) is 0.649. The van der Waals surface area contributed by atoms with Crippen LogP contribution in [0.3, 0.4) is 0 Å². The molecule has 100 valence electrons. The quantitative estimate of drug-likeness (QED) is 0.841. The summed E-state index contributed by atoms with van der Waals surface area (Å²) >= 11 is 0. The molecule has 2 heterocycles. The van der Waals surface area contributed by atoms with Crippen molar-refractivity contribution >= 4 is 11.8 Å². The van der Waals surface area contributed by atoms with Gasteiger partial charge in [-0.1, -0.05) is 6.07 Å². The molecule has 0 radical (unpaired) electrons. The molecular weight excluding hydrogens is 248 g/mol. The number of para-hydroxylation sites is 1. The van der Waals surface area contributed by atoms with Crippen LogP contribution in [-0.2, 0) is 4.79 Å². The highest BCUT2D eigenvalue weighted by molar-refractivity contribution is 6.00. The summed E-state index contributed by atoms with van der Waals surface area (Å²) in [5.41, 5.74) is 5.75. The minimum Gasteiger partial charge on any atom is -0.454 e. The first kappa shape index (κ1) is 11.8. The maximum absolute atomic E-state index is 12.5. The minimum atomic E-state index is -0.523. The van der Waals surface area contributed by atoms with Crippen molar-refractivity contribution in [2.24, 2.45) is 5.73 Å². The SMILES string of the molecule is NC(=O)C1CCCN1C(=O)c1cccc2c1OCO2. The fourth-order valence-electron chi connectivity index (χ4n) is 2.56. The number of hydrogen-bond acceptors (Lipinski definition) is 4. The van der Waals surface area contributed by atoms with Gasteiger partial charge in [0.15, 0.2) is 11.5 Å². The topological polar surface area (TPSA) is 81.9 Å². The molecule has 19 heavy (non-hydrogen) atoms. The number of rotatable bonds is 2. The highest BCUT2D eigenvalue weighted by Crippen LogP contribution is 2.36. The zero-order valence-electron chi connectivity index (χ0n) is 10.3. The average molecular weight is 262 g/mol. The van der Waals surface area contributed by atoms with Gasteiger partial charge < -0.3 is 20.1 Å². The highest BCUT2D eigenvalue weighted by Gasteiger charge is 2.35. The number of carbonyl (C=O) groups is 2. The van der Waals surface area contributed by atoms with Crippen molar-refractivity contribution in [2.45, 2.75) is 18.9 Å². The Labute approximate surface area is 110 Å². The summed E-state index contributed by atoms with van der Waals surface area (Å²) in [5.74, 6) is 0.308. The van der Waals surface area contributed by atoms with Crippen molar-refractivity contribution in [2.75, 3.05) is 13.3 Å². The smallest absolute Gasteiger partial charge is 0.258 e. The monoisotopic (exact) mass is 262 g/mol. The van der Waals surface area contributed by atoms with Crippen molar-refractivity contribution in [3.63, 3.8) is 0 Å². The first-order chi connectivity index (χ1) is 9.18. The lowest BCUT2D eigenvalue weighted by atomic mass is 10.1. The Morgan fingerprint density at radius 3 is 2.95 bits per heavy atom. The van der Waals surface area contributed by atoms with Gasteiger partial charge in [0, 0.05) is 6.54 Å². The predicted molar refractivity (Wildman–Crippen MR) is 65.8 cm³/mol. The third-order valence-electron chi connectivity index (χ3n) is 3.47. The molecule has 1 fully saturated rings. The Morgan fingerprint density at radius 2 is 2.16 bits per heavy atom. The van der Waals surface area contributed by atoms with Crippen LogP contribution in [0.1, 0.15) is 23.2 Å². The van der Waals surface area contributed by atoms with Gasteiger partial charge in [-0.05, 0) is 25.0 Å². The number of nitrogens with zero attached hydrogens (tertiary/aromatic N) is 1. The lowest BCUT2D eigenvalue weighted by Crippen LogP contribution is -2.43. The lowest BCUT2D eigenvalue weighted by molar-refractivity contribution is -0.121. The summed E-state index contributed by atoms with van der Waals surface area (Å²) in [6, 6.07) is 4.63. The average Bonchev–Trinajstić information content (AvgIpc) is 3.05. The predicted octanol–water partition coefficient (Wildman–Crippen LogP) is 0.505.